The van der Waals surface area contributed by atoms with Crippen molar-refractivity contribution in [1.29, 1.82) is 5.26 Å². The maximum absolute atomic E-state index is 11.8. The highest BCUT2D eigenvalue weighted by atomic mass is 16.5. The first-order chi connectivity index (χ1) is 17.1. The van der Waals surface area contributed by atoms with E-state index in [1.165, 1.54) is 18.5 Å². The number of fused-ring (bicyclic) bond motifs is 1. The van der Waals surface area contributed by atoms with Crippen LogP contribution in [0.3, 0.4) is 0 Å². The lowest BCUT2D eigenvalue weighted by Crippen LogP contribution is -2.37. The maximum Gasteiger partial charge on any atom is 0.247 e. The number of hydrogen-bond donors (Lipinski definition) is 2. The zero-order chi connectivity index (χ0) is 24.2. The molecule has 0 bridgehead atoms. The number of ether oxygens (including phenoxy) is 1. The van der Waals surface area contributed by atoms with E-state index in [0.29, 0.717) is 30.4 Å². The van der Waals surface area contributed by atoms with Crippen molar-refractivity contribution in [3.8, 4) is 6.07 Å². The van der Waals surface area contributed by atoms with Crippen LogP contribution in [0.25, 0.3) is 10.8 Å². The summed E-state index contributed by atoms with van der Waals surface area (Å²) in [6.07, 6.45) is 5.20. The topological polar surface area (TPSA) is 119 Å². The highest BCUT2D eigenvalue weighted by Crippen LogP contribution is 2.33. The number of hydrogen-bond acceptors (Lipinski definition) is 9. The minimum Gasteiger partial charge on any atom is -0.378 e. The molecule has 4 heterocycles. The molecule has 10 heteroatoms. The summed E-state index contributed by atoms with van der Waals surface area (Å²) < 4.78 is 5.52. The number of nitrogens with zero attached hydrogens (tertiary/aromatic N) is 6. The molecule has 178 valence electrons. The molecule has 10 nitrogen and oxygen atoms in total. The zero-order valence-electron chi connectivity index (χ0n) is 19.3. The molecule has 0 saturated carbocycles. The van der Waals surface area contributed by atoms with Crippen LogP contribution in [0.15, 0.2) is 49.3 Å². The van der Waals surface area contributed by atoms with Crippen LogP contribution >= 0.6 is 0 Å². The third-order valence-electron chi connectivity index (χ3n) is 6.19. The summed E-state index contributed by atoms with van der Waals surface area (Å²) in [5, 5.41) is 17.2. The van der Waals surface area contributed by atoms with Crippen LogP contribution in [0.4, 0.5) is 23.3 Å². The highest BCUT2D eigenvalue weighted by molar-refractivity contribution is 6.02. The van der Waals surface area contributed by atoms with E-state index in [0.717, 1.165) is 55.0 Å². The Morgan fingerprint density at radius 2 is 1.97 bits per heavy atom. The Bertz CT molecular complexity index is 1280. The Balaban J connectivity index is 1.43. The molecule has 2 aromatic heterocycles. The highest BCUT2D eigenvalue weighted by Gasteiger charge is 2.27. The predicted molar refractivity (Wildman–Crippen MR) is 135 cm³/mol. The number of nitrogens with one attached hydrogen (secondary N) is 2. The lowest BCUT2D eigenvalue weighted by atomic mass is 10.1. The summed E-state index contributed by atoms with van der Waals surface area (Å²) >= 11 is 0. The molecule has 0 spiro atoms. The van der Waals surface area contributed by atoms with Crippen molar-refractivity contribution in [3.05, 3.63) is 54.9 Å². The first-order valence-corrected chi connectivity index (χ1v) is 11.6. The van der Waals surface area contributed by atoms with Gasteiger partial charge < -0.3 is 25.2 Å². The number of rotatable bonds is 6. The molecule has 2 aliphatic rings. The average Bonchev–Trinajstić information content (AvgIpc) is 3.37. The summed E-state index contributed by atoms with van der Waals surface area (Å²) in [4.78, 5) is 29.9. The first kappa shape index (κ1) is 22.6. The number of anilines is 4. The first-order valence-electron chi connectivity index (χ1n) is 11.6. The molecule has 0 unspecified atom stereocenters. The normalized spacial score (nSPS) is 17.7. The van der Waals surface area contributed by atoms with E-state index in [1.807, 2.05) is 24.3 Å². The largest absolute Gasteiger partial charge is 0.378 e. The predicted octanol–water partition coefficient (Wildman–Crippen LogP) is 2.55. The zero-order valence-corrected chi connectivity index (χ0v) is 19.3. The van der Waals surface area contributed by atoms with Crippen molar-refractivity contribution in [2.75, 3.05) is 59.8 Å². The van der Waals surface area contributed by atoms with Crippen LogP contribution in [-0.2, 0) is 9.53 Å². The molecule has 2 aliphatic heterocycles. The van der Waals surface area contributed by atoms with Crippen LogP contribution in [0.2, 0.25) is 0 Å². The van der Waals surface area contributed by atoms with Crippen molar-refractivity contribution in [2.24, 2.45) is 0 Å². The number of benzene rings is 1. The molecule has 35 heavy (non-hydrogen) atoms. The summed E-state index contributed by atoms with van der Waals surface area (Å²) in [5.41, 5.74) is 1.15. The fourth-order valence-electron chi connectivity index (χ4n) is 4.41. The van der Waals surface area contributed by atoms with Gasteiger partial charge in [0.15, 0.2) is 0 Å². The molecule has 5 rings (SSSR count). The van der Waals surface area contributed by atoms with Crippen LogP contribution in [0.1, 0.15) is 12.0 Å². The SMILES string of the molecule is C=CC(=O)Nc1ccc2c(N3CC[C@@H](Nc4ncc(C#N)cn4)C3)nc(N3CCOCC3)cc2c1. The van der Waals surface area contributed by atoms with Gasteiger partial charge in [-0.05, 0) is 42.1 Å². The molecular formula is C25H26N8O2. The molecule has 1 atom stereocenters. The van der Waals surface area contributed by atoms with Crippen molar-refractivity contribution in [2.45, 2.75) is 12.5 Å². The van der Waals surface area contributed by atoms with Gasteiger partial charge in [-0.1, -0.05) is 6.58 Å². The van der Waals surface area contributed by atoms with Crippen molar-refractivity contribution in [3.63, 3.8) is 0 Å². The molecule has 3 aromatic rings. The number of aromatic nitrogens is 3. The molecule has 2 saturated heterocycles. The Labute approximate surface area is 203 Å². The van der Waals surface area contributed by atoms with Crippen molar-refractivity contribution >= 4 is 40.0 Å². The Kier molecular flexibility index (Phi) is 6.41. The average molecular weight is 471 g/mol. The van der Waals surface area contributed by atoms with Crippen LogP contribution in [0.5, 0.6) is 0 Å². The Morgan fingerprint density at radius 1 is 1.17 bits per heavy atom. The number of carbonyl (C=O) groups excluding carboxylic acids is 1. The molecular weight excluding hydrogens is 444 g/mol. The van der Waals surface area contributed by atoms with E-state index >= 15 is 0 Å². The van der Waals surface area contributed by atoms with Gasteiger partial charge in [0.05, 0.1) is 31.2 Å². The molecule has 1 amide bonds. The molecule has 1 aromatic carbocycles. The van der Waals surface area contributed by atoms with E-state index in [-0.39, 0.29) is 11.9 Å². The molecule has 2 fully saturated rings. The Hall–Kier alpha value is -4.23. The quantitative estimate of drug-likeness (QED) is 0.524. The van der Waals surface area contributed by atoms with Gasteiger partial charge in [-0.15, -0.1) is 0 Å². The van der Waals surface area contributed by atoms with Crippen LogP contribution < -0.4 is 20.4 Å². The summed E-state index contributed by atoms with van der Waals surface area (Å²) in [6.45, 7) is 8.01. The minimum atomic E-state index is -0.245. The fourth-order valence-corrected chi connectivity index (χ4v) is 4.41. The number of morpholine rings is 1. The second kappa shape index (κ2) is 9.95. The van der Waals surface area contributed by atoms with Gasteiger partial charge in [0.25, 0.3) is 0 Å². The van der Waals surface area contributed by atoms with Gasteiger partial charge in [0.1, 0.15) is 17.7 Å². The lowest BCUT2D eigenvalue weighted by Gasteiger charge is -2.30. The Morgan fingerprint density at radius 3 is 2.71 bits per heavy atom. The summed E-state index contributed by atoms with van der Waals surface area (Å²) in [7, 11) is 0. The number of pyridine rings is 1. The lowest BCUT2D eigenvalue weighted by molar-refractivity contribution is -0.111. The molecule has 0 radical (unpaired) electrons. The van der Waals surface area contributed by atoms with Gasteiger partial charge >= 0.3 is 0 Å². The van der Waals surface area contributed by atoms with Gasteiger partial charge in [-0.3, -0.25) is 4.79 Å². The van der Waals surface area contributed by atoms with E-state index in [1.54, 1.807) is 0 Å². The minimum absolute atomic E-state index is 0.151. The van der Waals surface area contributed by atoms with Crippen LogP contribution in [-0.4, -0.2) is 66.3 Å². The molecule has 0 aliphatic carbocycles. The van der Waals surface area contributed by atoms with Crippen LogP contribution in [0, 0.1) is 11.3 Å². The van der Waals surface area contributed by atoms with Gasteiger partial charge in [0.2, 0.25) is 11.9 Å². The number of carbonyl (C=O) groups is 1. The number of amides is 1. The van der Waals surface area contributed by atoms with Crippen molar-refractivity contribution < 1.29 is 9.53 Å². The second-order valence-corrected chi connectivity index (χ2v) is 8.52. The standard InChI is InChI=1S/C25H26N8O2/c1-2-23(34)29-19-3-4-21-18(11-19)12-22(32-7-9-35-10-8-32)31-24(21)33-6-5-20(16-33)30-25-27-14-17(13-26)15-28-25/h2-4,11-12,14-15,20H,1,5-10,16H2,(H,29,34)(H,27,28,30)/t20-/m1/s1. The third-order valence-corrected chi connectivity index (χ3v) is 6.19. The maximum atomic E-state index is 11.8. The van der Waals surface area contributed by atoms with Crippen molar-refractivity contribution in [1.82, 2.24) is 15.0 Å². The van der Waals surface area contributed by atoms with Gasteiger partial charge in [-0.2, -0.15) is 5.26 Å². The second-order valence-electron chi connectivity index (χ2n) is 8.52. The molecule has 2 N–H and O–H groups in total. The monoisotopic (exact) mass is 470 g/mol. The third kappa shape index (κ3) is 5.00. The van der Waals surface area contributed by atoms with E-state index in [2.05, 4.69) is 43.0 Å². The van der Waals surface area contributed by atoms with E-state index in [9.17, 15) is 4.79 Å². The van der Waals surface area contributed by atoms with E-state index in [4.69, 9.17) is 15.0 Å². The summed E-state index contributed by atoms with van der Waals surface area (Å²) in [6, 6.07) is 10.1. The summed E-state index contributed by atoms with van der Waals surface area (Å²) in [5.74, 6) is 2.08. The van der Waals surface area contributed by atoms with E-state index < -0.39 is 0 Å². The smallest absolute Gasteiger partial charge is 0.247 e. The van der Waals surface area contributed by atoms with Gasteiger partial charge in [-0.25, -0.2) is 15.0 Å². The number of nitriles is 1. The fraction of sp³-hybridized carbons (Fsp3) is 0.320. The van der Waals surface area contributed by atoms with Gasteiger partial charge in [0, 0.05) is 43.3 Å².